The van der Waals surface area contributed by atoms with E-state index in [0.29, 0.717) is 0 Å². The summed E-state index contributed by atoms with van der Waals surface area (Å²) in [6.45, 7) is 2.20. The zero-order valence-corrected chi connectivity index (χ0v) is 7.32. The molecule has 10 heavy (non-hydrogen) atoms. The van der Waals surface area contributed by atoms with E-state index < -0.39 is 10.8 Å². The fourth-order valence-electron chi connectivity index (χ4n) is 0.696. The molecule has 1 N–H and O–H groups in total. The standard InChI is InChI=1S/C7H16O2S/c1-2-10(9)7-5-3-4-6-8/h8H,2-7H2,1H3. The Labute approximate surface area is 65.1 Å². The molecular formula is C7H16O2S. The topological polar surface area (TPSA) is 37.3 Å². The molecule has 62 valence electrons. The Morgan fingerprint density at radius 1 is 1.30 bits per heavy atom. The Morgan fingerprint density at radius 3 is 2.50 bits per heavy atom. The lowest BCUT2D eigenvalue weighted by Gasteiger charge is -1.96. The van der Waals surface area contributed by atoms with Gasteiger partial charge in [-0.2, -0.15) is 0 Å². The highest BCUT2D eigenvalue weighted by atomic mass is 32.2. The van der Waals surface area contributed by atoms with Gasteiger partial charge in [0.05, 0.1) is 0 Å². The lowest BCUT2D eigenvalue weighted by atomic mass is 10.3. The van der Waals surface area contributed by atoms with Crippen molar-refractivity contribution in [2.45, 2.75) is 26.2 Å². The van der Waals surface area contributed by atoms with Gasteiger partial charge in [-0.05, 0) is 12.8 Å². The maximum atomic E-state index is 10.8. The highest BCUT2D eigenvalue weighted by molar-refractivity contribution is 7.84. The summed E-state index contributed by atoms with van der Waals surface area (Å²) in [6, 6.07) is 0. The van der Waals surface area contributed by atoms with Crippen LogP contribution in [0.1, 0.15) is 26.2 Å². The quantitative estimate of drug-likeness (QED) is 0.593. The van der Waals surface area contributed by atoms with Crippen molar-refractivity contribution in [2.75, 3.05) is 18.1 Å². The molecule has 0 aliphatic heterocycles. The van der Waals surface area contributed by atoms with Crippen LogP contribution in [0, 0.1) is 0 Å². The summed E-state index contributed by atoms with van der Waals surface area (Å²) in [5, 5.41) is 8.41. The molecule has 0 aromatic rings. The summed E-state index contributed by atoms with van der Waals surface area (Å²) in [6.07, 6.45) is 2.84. The highest BCUT2D eigenvalue weighted by Gasteiger charge is 1.94. The molecule has 0 heterocycles. The van der Waals surface area contributed by atoms with Crippen LogP contribution in [-0.2, 0) is 10.8 Å². The maximum absolute atomic E-state index is 10.8. The van der Waals surface area contributed by atoms with E-state index >= 15 is 0 Å². The van der Waals surface area contributed by atoms with Gasteiger partial charge >= 0.3 is 0 Å². The first-order valence-electron chi connectivity index (χ1n) is 3.77. The normalized spacial score (nSPS) is 13.4. The van der Waals surface area contributed by atoms with Gasteiger partial charge in [0.15, 0.2) is 0 Å². The predicted molar refractivity (Wildman–Crippen MR) is 44.5 cm³/mol. The summed E-state index contributed by atoms with van der Waals surface area (Å²) >= 11 is 0. The third kappa shape index (κ3) is 6.23. The number of unbranched alkanes of at least 4 members (excludes halogenated alkanes) is 2. The Balaban J connectivity index is 2.96. The second-order valence-electron chi connectivity index (χ2n) is 2.22. The number of aliphatic hydroxyl groups excluding tert-OH is 1. The summed E-state index contributed by atoms with van der Waals surface area (Å²) < 4.78 is 10.8. The molecule has 0 fully saturated rings. The smallest absolute Gasteiger partial charge is 0.0431 e. The molecule has 0 amide bonds. The maximum Gasteiger partial charge on any atom is 0.0431 e. The van der Waals surface area contributed by atoms with Crippen LogP contribution in [0.15, 0.2) is 0 Å². The molecule has 0 aliphatic carbocycles. The summed E-state index contributed by atoms with van der Waals surface area (Å²) in [7, 11) is -0.612. The van der Waals surface area contributed by atoms with Crippen LogP contribution in [0.2, 0.25) is 0 Å². The minimum atomic E-state index is -0.612. The molecule has 0 rings (SSSR count). The van der Waals surface area contributed by atoms with Crippen LogP contribution in [0.5, 0.6) is 0 Å². The fraction of sp³-hybridized carbons (Fsp3) is 1.00. The van der Waals surface area contributed by atoms with Crippen molar-refractivity contribution in [2.24, 2.45) is 0 Å². The van der Waals surface area contributed by atoms with Crippen molar-refractivity contribution in [3.8, 4) is 0 Å². The number of rotatable bonds is 6. The first kappa shape index (κ1) is 10.1. The number of hydrogen-bond acceptors (Lipinski definition) is 2. The molecule has 0 saturated carbocycles. The second-order valence-corrected chi connectivity index (χ2v) is 4.08. The van der Waals surface area contributed by atoms with Crippen molar-refractivity contribution in [1.29, 1.82) is 0 Å². The molecular weight excluding hydrogens is 148 g/mol. The summed E-state index contributed by atoms with van der Waals surface area (Å²) in [5.74, 6) is 1.57. The first-order valence-corrected chi connectivity index (χ1v) is 5.26. The van der Waals surface area contributed by atoms with Crippen LogP contribution < -0.4 is 0 Å². The molecule has 0 spiro atoms. The van der Waals surface area contributed by atoms with Gasteiger partial charge in [0, 0.05) is 28.9 Å². The Kier molecular flexibility index (Phi) is 7.30. The zero-order valence-electron chi connectivity index (χ0n) is 6.51. The van der Waals surface area contributed by atoms with E-state index in [2.05, 4.69) is 0 Å². The Morgan fingerprint density at radius 2 is 2.00 bits per heavy atom. The average Bonchev–Trinajstić information content (AvgIpc) is 1.98. The molecule has 2 nitrogen and oxygen atoms in total. The Bertz CT molecular complexity index is 93.6. The number of aliphatic hydroxyl groups is 1. The third-order valence-electron chi connectivity index (χ3n) is 1.35. The van der Waals surface area contributed by atoms with E-state index in [9.17, 15) is 4.21 Å². The largest absolute Gasteiger partial charge is 0.396 e. The van der Waals surface area contributed by atoms with Gasteiger partial charge in [0.25, 0.3) is 0 Å². The van der Waals surface area contributed by atoms with Crippen LogP contribution in [0.3, 0.4) is 0 Å². The van der Waals surface area contributed by atoms with Crippen LogP contribution in [0.25, 0.3) is 0 Å². The summed E-state index contributed by atoms with van der Waals surface area (Å²) in [5.41, 5.74) is 0. The molecule has 0 saturated heterocycles. The molecule has 1 unspecified atom stereocenters. The molecule has 0 aromatic carbocycles. The van der Waals surface area contributed by atoms with Gasteiger partial charge in [-0.3, -0.25) is 4.21 Å². The Hall–Kier alpha value is 0.110. The van der Waals surface area contributed by atoms with Crippen LogP contribution >= 0.6 is 0 Å². The molecule has 0 bridgehead atoms. The van der Waals surface area contributed by atoms with Gasteiger partial charge in [0.2, 0.25) is 0 Å². The van der Waals surface area contributed by atoms with E-state index in [0.717, 1.165) is 30.8 Å². The van der Waals surface area contributed by atoms with E-state index in [4.69, 9.17) is 5.11 Å². The molecule has 0 radical (unpaired) electrons. The average molecular weight is 164 g/mol. The van der Waals surface area contributed by atoms with Crippen LogP contribution in [0.4, 0.5) is 0 Å². The minimum Gasteiger partial charge on any atom is -0.396 e. The van der Waals surface area contributed by atoms with Gasteiger partial charge in [-0.15, -0.1) is 0 Å². The zero-order chi connectivity index (χ0) is 7.82. The lowest BCUT2D eigenvalue weighted by molar-refractivity contribution is 0.284. The first-order chi connectivity index (χ1) is 4.81. The van der Waals surface area contributed by atoms with Gasteiger partial charge in [-0.25, -0.2) is 0 Å². The van der Waals surface area contributed by atoms with E-state index in [1.54, 1.807) is 0 Å². The second kappa shape index (κ2) is 7.22. The fourth-order valence-corrected chi connectivity index (χ4v) is 1.51. The van der Waals surface area contributed by atoms with Crippen molar-refractivity contribution in [3.05, 3.63) is 0 Å². The van der Waals surface area contributed by atoms with Gasteiger partial charge in [-0.1, -0.05) is 13.3 Å². The van der Waals surface area contributed by atoms with Crippen molar-refractivity contribution in [3.63, 3.8) is 0 Å². The predicted octanol–water partition coefficient (Wildman–Crippen LogP) is 0.918. The monoisotopic (exact) mass is 164 g/mol. The van der Waals surface area contributed by atoms with E-state index in [1.807, 2.05) is 6.92 Å². The van der Waals surface area contributed by atoms with Gasteiger partial charge in [0.1, 0.15) is 0 Å². The molecule has 3 heteroatoms. The van der Waals surface area contributed by atoms with Crippen LogP contribution in [-0.4, -0.2) is 27.4 Å². The van der Waals surface area contributed by atoms with Crippen molar-refractivity contribution >= 4 is 10.8 Å². The van der Waals surface area contributed by atoms with Crippen molar-refractivity contribution in [1.82, 2.24) is 0 Å². The minimum absolute atomic E-state index is 0.263. The summed E-state index contributed by atoms with van der Waals surface area (Å²) in [4.78, 5) is 0. The highest BCUT2D eigenvalue weighted by Crippen LogP contribution is 1.96. The van der Waals surface area contributed by atoms with E-state index in [-0.39, 0.29) is 6.61 Å². The van der Waals surface area contributed by atoms with Crippen molar-refractivity contribution < 1.29 is 9.32 Å². The molecule has 0 aromatic heterocycles. The van der Waals surface area contributed by atoms with Gasteiger partial charge < -0.3 is 5.11 Å². The van der Waals surface area contributed by atoms with E-state index in [1.165, 1.54) is 0 Å². The SMILES string of the molecule is CCS(=O)CCCCCO. The number of hydrogen-bond donors (Lipinski definition) is 1. The molecule has 0 aliphatic rings. The molecule has 1 atom stereocenters. The third-order valence-corrected chi connectivity index (χ3v) is 2.74. The lowest BCUT2D eigenvalue weighted by Crippen LogP contribution is -1.99.